The monoisotopic (exact) mass is 236 g/mol. The Balaban J connectivity index is 1.69. The molecule has 0 saturated carbocycles. The summed E-state index contributed by atoms with van der Waals surface area (Å²) >= 11 is 0. The fraction of sp³-hybridized carbons (Fsp3) is 0.200. The fourth-order valence-electron chi connectivity index (χ4n) is 2.71. The number of hydrogen-bond donors (Lipinski definition) is 0. The van der Waals surface area contributed by atoms with Gasteiger partial charge in [0, 0.05) is 17.1 Å². The van der Waals surface area contributed by atoms with Crippen molar-refractivity contribution in [3.8, 4) is 11.4 Å². The van der Waals surface area contributed by atoms with Gasteiger partial charge in [0.1, 0.15) is 0 Å². The smallest absolute Gasteiger partial charge is 0.254 e. The van der Waals surface area contributed by atoms with Crippen LogP contribution in [0, 0.1) is 11.8 Å². The summed E-state index contributed by atoms with van der Waals surface area (Å²) in [6, 6.07) is 9.91. The third kappa shape index (κ3) is 1.44. The van der Waals surface area contributed by atoms with Gasteiger partial charge in [-0.2, -0.15) is 4.98 Å². The van der Waals surface area contributed by atoms with Gasteiger partial charge >= 0.3 is 0 Å². The van der Waals surface area contributed by atoms with Gasteiger partial charge in [0.2, 0.25) is 5.82 Å². The first kappa shape index (κ1) is 9.83. The van der Waals surface area contributed by atoms with Crippen molar-refractivity contribution in [3.63, 3.8) is 0 Å². The Morgan fingerprint density at radius 3 is 2.72 bits per heavy atom. The molecular formula is C15H12N2O. The van der Waals surface area contributed by atoms with E-state index in [4.69, 9.17) is 4.52 Å². The summed E-state index contributed by atoms with van der Waals surface area (Å²) in [5.74, 6) is 2.38. The van der Waals surface area contributed by atoms with Crippen molar-refractivity contribution in [1.82, 2.24) is 10.1 Å². The zero-order valence-electron chi connectivity index (χ0n) is 9.78. The zero-order valence-corrected chi connectivity index (χ0v) is 9.78. The molecule has 2 aromatic rings. The van der Waals surface area contributed by atoms with Crippen LogP contribution >= 0.6 is 0 Å². The van der Waals surface area contributed by atoms with Crippen molar-refractivity contribution in [1.29, 1.82) is 0 Å². The summed E-state index contributed by atoms with van der Waals surface area (Å²) in [6.45, 7) is 0. The van der Waals surface area contributed by atoms with E-state index < -0.39 is 0 Å². The van der Waals surface area contributed by atoms with Gasteiger partial charge < -0.3 is 4.52 Å². The van der Waals surface area contributed by atoms with Crippen molar-refractivity contribution in [2.24, 2.45) is 11.8 Å². The standard InChI is InChI=1S/C15H12N2O/c1-2-4-11(5-3-1)14-16-15(18-17-14)13-9-10-6-7-12(13)8-10/h1-7,9-10,12H,8H2. The predicted molar refractivity (Wildman–Crippen MR) is 68.4 cm³/mol. The molecule has 4 rings (SSSR count). The lowest BCUT2D eigenvalue weighted by atomic mass is 10.0. The first-order valence-corrected chi connectivity index (χ1v) is 6.20. The number of fused-ring (bicyclic) bond motifs is 2. The van der Waals surface area contributed by atoms with Crippen LogP contribution in [0.4, 0.5) is 0 Å². The summed E-state index contributed by atoms with van der Waals surface area (Å²) in [6.07, 6.45) is 7.90. The van der Waals surface area contributed by atoms with E-state index >= 15 is 0 Å². The van der Waals surface area contributed by atoms with Gasteiger partial charge in [-0.15, -0.1) is 0 Å². The Hall–Kier alpha value is -2.16. The molecule has 2 unspecified atom stereocenters. The van der Waals surface area contributed by atoms with Crippen molar-refractivity contribution in [2.75, 3.05) is 0 Å². The maximum atomic E-state index is 5.39. The minimum absolute atomic E-state index is 0.471. The number of hydrogen-bond acceptors (Lipinski definition) is 3. The predicted octanol–water partition coefficient (Wildman–Crippen LogP) is 3.33. The van der Waals surface area contributed by atoms with E-state index in [2.05, 4.69) is 28.4 Å². The summed E-state index contributed by atoms with van der Waals surface area (Å²) in [5.41, 5.74) is 2.18. The van der Waals surface area contributed by atoms with Gasteiger partial charge in [-0.1, -0.05) is 53.7 Å². The highest BCUT2D eigenvalue weighted by Gasteiger charge is 2.31. The highest BCUT2D eigenvalue weighted by atomic mass is 16.5. The molecule has 2 aliphatic rings. The van der Waals surface area contributed by atoms with Crippen LogP contribution in [0.3, 0.4) is 0 Å². The summed E-state index contributed by atoms with van der Waals surface area (Å²) < 4.78 is 5.39. The van der Waals surface area contributed by atoms with Crippen LogP contribution in [-0.4, -0.2) is 10.1 Å². The molecule has 0 aliphatic heterocycles. The van der Waals surface area contributed by atoms with E-state index in [0.717, 1.165) is 5.56 Å². The molecule has 0 spiro atoms. The van der Waals surface area contributed by atoms with Gasteiger partial charge in [0.25, 0.3) is 5.89 Å². The SMILES string of the molecule is C1=CC2CC1C=C2c1nc(-c2ccccc2)no1. The van der Waals surface area contributed by atoms with Crippen LogP contribution in [0.2, 0.25) is 0 Å². The molecule has 0 radical (unpaired) electrons. The minimum atomic E-state index is 0.471. The van der Waals surface area contributed by atoms with E-state index in [1.165, 1.54) is 12.0 Å². The zero-order chi connectivity index (χ0) is 11.9. The molecule has 1 heterocycles. The molecule has 3 nitrogen and oxygen atoms in total. The first-order valence-electron chi connectivity index (χ1n) is 6.20. The van der Waals surface area contributed by atoms with Gasteiger partial charge in [0.05, 0.1) is 0 Å². The van der Waals surface area contributed by atoms with E-state index in [-0.39, 0.29) is 0 Å². The number of allylic oxidation sites excluding steroid dienone is 4. The molecule has 18 heavy (non-hydrogen) atoms. The van der Waals surface area contributed by atoms with Crippen LogP contribution in [0.5, 0.6) is 0 Å². The van der Waals surface area contributed by atoms with Crippen molar-refractivity contribution in [2.45, 2.75) is 6.42 Å². The van der Waals surface area contributed by atoms with Crippen LogP contribution < -0.4 is 0 Å². The first-order chi connectivity index (χ1) is 8.90. The minimum Gasteiger partial charge on any atom is -0.334 e. The largest absolute Gasteiger partial charge is 0.334 e. The Kier molecular flexibility index (Phi) is 2.00. The quantitative estimate of drug-likeness (QED) is 0.751. The number of aromatic nitrogens is 2. The van der Waals surface area contributed by atoms with Crippen molar-refractivity contribution >= 4 is 5.57 Å². The van der Waals surface area contributed by atoms with Crippen LogP contribution in [0.25, 0.3) is 17.0 Å². The molecule has 2 aliphatic carbocycles. The second-order valence-corrected chi connectivity index (χ2v) is 4.80. The number of rotatable bonds is 2. The molecule has 0 amide bonds. The average Bonchev–Trinajstić information content (AvgIpc) is 3.15. The number of benzene rings is 1. The van der Waals surface area contributed by atoms with Crippen LogP contribution in [-0.2, 0) is 0 Å². The Bertz CT molecular complexity index is 640. The molecule has 0 saturated heterocycles. The molecule has 88 valence electrons. The molecule has 3 heteroatoms. The maximum Gasteiger partial charge on any atom is 0.254 e. The molecule has 2 atom stereocenters. The summed E-state index contributed by atoms with van der Waals surface area (Å²) in [4.78, 5) is 4.50. The molecule has 1 aromatic heterocycles. The Morgan fingerprint density at radius 1 is 1.11 bits per heavy atom. The molecule has 2 bridgehead atoms. The van der Waals surface area contributed by atoms with Gasteiger partial charge in [0.15, 0.2) is 0 Å². The van der Waals surface area contributed by atoms with Crippen LogP contribution in [0.1, 0.15) is 12.3 Å². The van der Waals surface area contributed by atoms with E-state index in [0.29, 0.717) is 23.6 Å². The van der Waals surface area contributed by atoms with E-state index in [1.54, 1.807) is 0 Å². The van der Waals surface area contributed by atoms with Gasteiger partial charge in [-0.25, -0.2) is 0 Å². The summed E-state index contributed by atoms with van der Waals surface area (Å²) in [7, 11) is 0. The normalized spacial score (nSPS) is 24.6. The summed E-state index contributed by atoms with van der Waals surface area (Å²) in [5, 5.41) is 4.06. The van der Waals surface area contributed by atoms with Gasteiger partial charge in [-0.05, 0) is 12.3 Å². The van der Waals surface area contributed by atoms with Crippen molar-refractivity contribution in [3.05, 3.63) is 54.5 Å². The topological polar surface area (TPSA) is 38.9 Å². The lowest BCUT2D eigenvalue weighted by molar-refractivity contribution is 0.405. The second kappa shape index (κ2) is 3.67. The van der Waals surface area contributed by atoms with E-state index in [1.807, 2.05) is 30.3 Å². The fourth-order valence-corrected chi connectivity index (χ4v) is 2.71. The Labute approximate surface area is 105 Å². The lowest BCUT2D eigenvalue weighted by Crippen LogP contribution is -1.93. The van der Waals surface area contributed by atoms with Crippen LogP contribution in [0.15, 0.2) is 53.1 Å². The van der Waals surface area contributed by atoms with E-state index in [9.17, 15) is 0 Å². The maximum absolute atomic E-state index is 5.39. The average molecular weight is 236 g/mol. The molecular weight excluding hydrogens is 224 g/mol. The third-order valence-electron chi connectivity index (χ3n) is 3.61. The molecule has 0 N–H and O–H groups in total. The van der Waals surface area contributed by atoms with Gasteiger partial charge in [-0.3, -0.25) is 0 Å². The molecule has 1 aromatic carbocycles. The van der Waals surface area contributed by atoms with Crippen molar-refractivity contribution < 1.29 is 4.52 Å². The Morgan fingerprint density at radius 2 is 2.00 bits per heavy atom. The second-order valence-electron chi connectivity index (χ2n) is 4.80. The highest BCUT2D eigenvalue weighted by molar-refractivity contribution is 5.69. The lowest BCUT2D eigenvalue weighted by Gasteiger charge is -2.03. The highest BCUT2D eigenvalue weighted by Crippen LogP contribution is 2.42. The third-order valence-corrected chi connectivity index (χ3v) is 3.61. The number of nitrogens with zero attached hydrogens (tertiary/aromatic N) is 2. The molecule has 0 fully saturated rings.